The minimum absolute atomic E-state index is 0.0219. The fourth-order valence-electron chi connectivity index (χ4n) is 7.90. The summed E-state index contributed by atoms with van der Waals surface area (Å²) in [6, 6.07) is 8.93. The third-order valence-corrected chi connectivity index (χ3v) is 9.79. The maximum atomic E-state index is 13.6. The number of hydrogen-bond acceptors (Lipinski definition) is 5. The summed E-state index contributed by atoms with van der Waals surface area (Å²) in [6.45, 7) is 21.9. The van der Waals surface area contributed by atoms with Gasteiger partial charge in [-0.3, -0.25) is 4.79 Å². The number of hydrogen-bond donors (Lipinski definition) is 1. The van der Waals surface area contributed by atoms with Gasteiger partial charge < -0.3 is 19.9 Å². The molecule has 8 heteroatoms. The van der Waals surface area contributed by atoms with Crippen LogP contribution in [0.15, 0.2) is 30.3 Å². The average molecular weight is 572 g/mol. The quantitative estimate of drug-likeness (QED) is 0.384. The van der Waals surface area contributed by atoms with Gasteiger partial charge in [0.05, 0.1) is 29.4 Å². The zero-order chi connectivity index (χ0) is 28.9. The molecule has 2 saturated heterocycles. The Bertz CT molecular complexity index is 1440. The van der Waals surface area contributed by atoms with E-state index in [1.165, 1.54) is 19.4 Å². The van der Waals surface area contributed by atoms with Crippen molar-refractivity contribution in [2.75, 3.05) is 32.7 Å². The van der Waals surface area contributed by atoms with Crippen molar-refractivity contribution in [1.29, 1.82) is 0 Å². The molecule has 7 nitrogen and oxygen atoms in total. The van der Waals surface area contributed by atoms with E-state index >= 15 is 0 Å². The second-order valence-corrected chi connectivity index (χ2v) is 13.7. The molecule has 0 spiro atoms. The summed E-state index contributed by atoms with van der Waals surface area (Å²) in [4.78, 5) is 26.3. The van der Waals surface area contributed by atoms with E-state index < -0.39 is 0 Å². The van der Waals surface area contributed by atoms with E-state index in [1.807, 2.05) is 17.0 Å². The van der Waals surface area contributed by atoms with Crippen molar-refractivity contribution in [1.82, 2.24) is 20.1 Å². The number of pyridine rings is 1. The van der Waals surface area contributed by atoms with Gasteiger partial charge in [0, 0.05) is 42.4 Å². The second-order valence-electron chi connectivity index (χ2n) is 13.3. The molecule has 1 N–H and O–H groups in total. The number of benzene rings is 1. The van der Waals surface area contributed by atoms with E-state index in [0.717, 1.165) is 43.5 Å². The Morgan fingerprint density at radius 2 is 1.88 bits per heavy atom. The molecule has 0 bridgehead atoms. The first-order valence-electron chi connectivity index (χ1n) is 14.7. The number of carbonyl (C=O) groups is 1. The summed E-state index contributed by atoms with van der Waals surface area (Å²) in [6.07, 6.45) is 2.41. The maximum absolute atomic E-state index is 13.6. The van der Waals surface area contributed by atoms with E-state index in [1.54, 1.807) is 18.2 Å². The Morgan fingerprint density at radius 3 is 2.56 bits per heavy atom. The van der Waals surface area contributed by atoms with Crippen LogP contribution in [0.5, 0.6) is 5.75 Å². The molecular weight excluding hydrogens is 534 g/mol. The summed E-state index contributed by atoms with van der Waals surface area (Å²) >= 11 is 6.26. The maximum Gasteiger partial charge on any atom is 0.256 e. The van der Waals surface area contributed by atoms with Crippen LogP contribution in [0.2, 0.25) is 5.02 Å². The number of fused-ring (bicyclic) bond motifs is 1. The molecule has 1 saturated carbocycles. The van der Waals surface area contributed by atoms with Crippen molar-refractivity contribution >= 4 is 23.2 Å². The molecular formula is C33H38ClN5O2. The van der Waals surface area contributed by atoms with Crippen LogP contribution < -0.4 is 10.1 Å². The monoisotopic (exact) mass is 571 g/mol. The van der Waals surface area contributed by atoms with E-state index in [9.17, 15) is 4.79 Å². The topological polar surface area (TPSA) is 62.1 Å². The molecule has 0 unspecified atom stereocenters. The number of amides is 1. The van der Waals surface area contributed by atoms with Crippen molar-refractivity contribution in [3.8, 4) is 17.6 Å². The van der Waals surface area contributed by atoms with Crippen LogP contribution in [-0.4, -0.2) is 65.6 Å². The molecule has 1 aromatic carbocycles. The van der Waals surface area contributed by atoms with Gasteiger partial charge in [0.1, 0.15) is 17.5 Å². The number of halogens is 1. The first-order chi connectivity index (χ1) is 19.6. The number of carbonyl (C=O) groups excluding carboxylic acids is 1. The van der Waals surface area contributed by atoms with Crippen molar-refractivity contribution < 1.29 is 9.53 Å². The zero-order valence-corrected chi connectivity index (χ0v) is 25.1. The fraction of sp³-hybridized carbons (Fsp3) is 0.545. The molecule has 1 aliphatic carbocycles. The number of likely N-dealkylation sites (tertiary alicyclic amines) is 1. The Labute approximate surface area is 248 Å². The van der Waals surface area contributed by atoms with Gasteiger partial charge in [-0.05, 0) is 62.0 Å². The van der Waals surface area contributed by atoms with Gasteiger partial charge in [0.15, 0.2) is 0 Å². The van der Waals surface area contributed by atoms with Crippen LogP contribution in [0.1, 0.15) is 62.3 Å². The summed E-state index contributed by atoms with van der Waals surface area (Å²) < 4.78 is 6.44. The molecule has 0 atom stereocenters. The summed E-state index contributed by atoms with van der Waals surface area (Å²) in [7, 11) is 0. The van der Waals surface area contributed by atoms with Crippen molar-refractivity contribution in [2.24, 2.45) is 22.7 Å². The lowest BCUT2D eigenvalue weighted by atomic mass is 9.49. The molecule has 41 heavy (non-hydrogen) atoms. The van der Waals surface area contributed by atoms with Crippen LogP contribution in [0.25, 0.3) is 4.85 Å². The highest BCUT2D eigenvalue weighted by atomic mass is 35.5. The minimum Gasteiger partial charge on any atom is -0.489 e. The third kappa shape index (κ3) is 5.10. The second kappa shape index (κ2) is 10.6. The molecule has 0 radical (unpaired) electrons. The van der Waals surface area contributed by atoms with Gasteiger partial charge in [-0.15, -0.1) is 0 Å². The largest absolute Gasteiger partial charge is 0.489 e. The molecule has 1 aromatic heterocycles. The predicted octanol–water partition coefficient (Wildman–Crippen LogP) is 5.41. The predicted molar refractivity (Wildman–Crippen MR) is 160 cm³/mol. The minimum atomic E-state index is -0.307. The van der Waals surface area contributed by atoms with Crippen LogP contribution in [0, 0.1) is 41.1 Å². The highest BCUT2D eigenvalue weighted by Crippen LogP contribution is 2.59. The highest BCUT2D eigenvalue weighted by molar-refractivity contribution is 6.33. The van der Waals surface area contributed by atoms with Crippen molar-refractivity contribution in [3.63, 3.8) is 0 Å². The average Bonchev–Trinajstić information content (AvgIpc) is 3.23. The van der Waals surface area contributed by atoms with Crippen LogP contribution >= 0.6 is 11.6 Å². The van der Waals surface area contributed by atoms with E-state index in [4.69, 9.17) is 27.9 Å². The molecule has 214 valence electrons. The Balaban J connectivity index is 1.10. The van der Waals surface area contributed by atoms with Crippen molar-refractivity contribution in [2.45, 2.75) is 59.2 Å². The molecule has 4 heterocycles. The number of rotatable bonds is 5. The lowest BCUT2D eigenvalue weighted by molar-refractivity contribution is -0.199. The molecule has 2 aromatic rings. The lowest BCUT2D eigenvalue weighted by Gasteiger charge is -2.65. The number of aromatic nitrogens is 1. The van der Waals surface area contributed by atoms with Gasteiger partial charge in [-0.1, -0.05) is 51.3 Å². The first-order valence-corrected chi connectivity index (χ1v) is 15.0. The van der Waals surface area contributed by atoms with Crippen LogP contribution in [-0.2, 0) is 6.54 Å². The SMILES string of the molecule is [C-]#[N+]c1ccc(OC2C(C)(C)C(N3Cc4nc(C#CC5CN(CC6CCNCC6)C5)ccc4C3=O)C2(C)C)cc1Cl. The van der Waals surface area contributed by atoms with E-state index in [-0.39, 0.29) is 28.9 Å². The Kier molecular flexibility index (Phi) is 7.27. The standard InChI is InChI=1S/C33H38ClN5O2/c1-32(2)30(33(3,4)31(32)41-24-9-11-27(35-5)26(34)16-24)39-20-28-25(29(39)40)10-8-23(37-28)7-6-22-18-38(19-22)17-21-12-14-36-15-13-21/h8-11,16,21-22,30-31,36H,12-15,17-20H2,1-4H3. The normalized spacial score (nSPS) is 25.4. The van der Waals surface area contributed by atoms with Gasteiger partial charge >= 0.3 is 0 Å². The third-order valence-electron chi connectivity index (χ3n) is 9.49. The number of ether oxygens (including phenoxy) is 1. The van der Waals surface area contributed by atoms with E-state index in [0.29, 0.717) is 34.5 Å². The fourth-order valence-corrected chi connectivity index (χ4v) is 8.11. The summed E-state index contributed by atoms with van der Waals surface area (Å²) in [5, 5.41) is 3.82. The van der Waals surface area contributed by atoms with Gasteiger partial charge in [-0.2, -0.15) is 0 Å². The smallest absolute Gasteiger partial charge is 0.256 e. The molecule has 3 fully saturated rings. The zero-order valence-electron chi connectivity index (χ0n) is 24.3. The summed E-state index contributed by atoms with van der Waals surface area (Å²) in [5.41, 5.74) is 2.01. The van der Waals surface area contributed by atoms with E-state index in [2.05, 4.69) is 54.6 Å². The number of piperidine rings is 1. The summed E-state index contributed by atoms with van der Waals surface area (Å²) in [5.74, 6) is 8.57. The Hall–Kier alpha value is -3.10. The number of nitrogens with zero attached hydrogens (tertiary/aromatic N) is 4. The molecule has 3 aliphatic heterocycles. The molecule has 4 aliphatic rings. The van der Waals surface area contributed by atoms with Crippen molar-refractivity contribution in [3.05, 3.63) is 63.7 Å². The van der Waals surface area contributed by atoms with Gasteiger partial charge in [0.25, 0.3) is 5.91 Å². The van der Waals surface area contributed by atoms with Gasteiger partial charge in [-0.25, -0.2) is 9.83 Å². The van der Waals surface area contributed by atoms with Crippen LogP contribution in [0.3, 0.4) is 0 Å². The molecule has 6 rings (SSSR count). The molecule has 1 amide bonds. The number of nitrogens with one attached hydrogen (secondary N) is 1. The lowest BCUT2D eigenvalue weighted by Crippen LogP contribution is -2.74. The van der Waals surface area contributed by atoms with Gasteiger partial charge in [0.2, 0.25) is 5.69 Å². The highest BCUT2D eigenvalue weighted by Gasteiger charge is 2.67. The van der Waals surface area contributed by atoms with Crippen LogP contribution in [0.4, 0.5) is 5.69 Å². The first kappa shape index (κ1) is 28.0. The Morgan fingerprint density at radius 1 is 1.15 bits per heavy atom.